The van der Waals surface area contributed by atoms with Crippen LogP contribution in [0.5, 0.6) is 0 Å². The molecule has 0 bridgehead atoms. The number of benzene rings is 3. The minimum absolute atomic E-state index is 0.655. The average Bonchev–Trinajstić information content (AvgIpc) is 3.20. The third-order valence-corrected chi connectivity index (χ3v) is 6.26. The summed E-state index contributed by atoms with van der Waals surface area (Å²) < 4.78 is 1.13. The van der Waals surface area contributed by atoms with Crippen LogP contribution in [0.2, 0.25) is 0 Å². The van der Waals surface area contributed by atoms with Crippen LogP contribution < -0.4 is 4.90 Å². The largest absolute Gasteiger partial charge is 0.372 e. The third kappa shape index (κ3) is 5.06. The molecule has 0 N–H and O–H groups in total. The lowest BCUT2D eigenvalue weighted by atomic mass is 10.1. The van der Waals surface area contributed by atoms with E-state index in [9.17, 15) is 0 Å². The van der Waals surface area contributed by atoms with Gasteiger partial charge in [-0.1, -0.05) is 11.3 Å². The molecule has 162 valence electrons. The van der Waals surface area contributed by atoms with Crippen molar-refractivity contribution in [3.8, 4) is 0 Å². The Morgan fingerprint density at radius 2 is 1.22 bits per heavy atom. The number of thiazole rings is 1. The highest BCUT2D eigenvalue weighted by molar-refractivity contribution is 7.21. The van der Waals surface area contributed by atoms with Crippen molar-refractivity contribution in [2.45, 2.75) is 27.7 Å². The van der Waals surface area contributed by atoms with Gasteiger partial charge in [0.15, 0.2) is 0 Å². The fraction of sp³-hybridized carbons (Fsp3) is 0.240. The van der Waals surface area contributed by atoms with Crippen LogP contribution in [0, 0.1) is 13.8 Å². The summed E-state index contributed by atoms with van der Waals surface area (Å²) in [5.41, 5.74) is 6.99. The molecule has 0 aliphatic heterocycles. The number of fused-ring (bicyclic) bond motifs is 1. The van der Waals surface area contributed by atoms with Crippen molar-refractivity contribution in [3.05, 3.63) is 71.8 Å². The first kappa shape index (κ1) is 21.8. The summed E-state index contributed by atoms with van der Waals surface area (Å²) in [6, 6.07) is 19.9. The summed E-state index contributed by atoms with van der Waals surface area (Å²) in [6.45, 7) is 10.5. The molecule has 0 amide bonds. The second kappa shape index (κ2) is 9.78. The summed E-state index contributed by atoms with van der Waals surface area (Å²) in [5, 5.41) is 17.9. The van der Waals surface area contributed by atoms with Gasteiger partial charge in [-0.05, 0) is 99.5 Å². The van der Waals surface area contributed by atoms with Gasteiger partial charge in [-0.15, -0.1) is 10.2 Å². The number of aryl methyl sites for hydroxylation is 2. The predicted octanol–water partition coefficient (Wildman–Crippen LogP) is 8.59. The molecule has 1 heterocycles. The number of aromatic nitrogens is 1. The zero-order valence-corrected chi connectivity index (χ0v) is 19.6. The van der Waals surface area contributed by atoms with E-state index in [4.69, 9.17) is 0 Å². The molecule has 0 atom stereocenters. The Morgan fingerprint density at radius 3 is 1.78 bits per heavy atom. The van der Waals surface area contributed by atoms with Crippen molar-refractivity contribution in [2.24, 2.45) is 20.5 Å². The second-order valence-electron chi connectivity index (χ2n) is 7.51. The highest BCUT2D eigenvalue weighted by Gasteiger charge is 2.05. The predicted molar refractivity (Wildman–Crippen MR) is 134 cm³/mol. The maximum Gasteiger partial charge on any atom is 0.231 e. The van der Waals surface area contributed by atoms with E-state index >= 15 is 0 Å². The van der Waals surface area contributed by atoms with Crippen LogP contribution in [0.25, 0.3) is 10.2 Å². The van der Waals surface area contributed by atoms with Crippen molar-refractivity contribution >= 4 is 49.4 Å². The SMILES string of the molecule is CCN(CC)c1ccc(/N=N/c2ccc(/N=N/c3nc4cc(C)c(C)cc4s3)cc2)cc1. The van der Waals surface area contributed by atoms with E-state index < -0.39 is 0 Å². The van der Waals surface area contributed by atoms with Gasteiger partial charge in [-0.2, -0.15) is 10.2 Å². The number of azo groups is 2. The van der Waals surface area contributed by atoms with Gasteiger partial charge in [0, 0.05) is 18.8 Å². The van der Waals surface area contributed by atoms with Crippen molar-refractivity contribution in [3.63, 3.8) is 0 Å². The molecule has 0 aliphatic rings. The number of anilines is 1. The number of hydrogen-bond donors (Lipinski definition) is 0. The van der Waals surface area contributed by atoms with Gasteiger partial charge >= 0.3 is 0 Å². The van der Waals surface area contributed by atoms with Crippen LogP contribution in [0.4, 0.5) is 27.9 Å². The Balaban J connectivity index is 1.42. The molecule has 0 unspecified atom stereocenters. The fourth-order valence-electron chi connectivity index (χ4n) is 3.33. The Labute approximate surface area is 192 Å². The van der Waals surface area contributed by atoms with Crippen molar-refractivity contribution in [2.75, 3.05) is 18.0 Å². The molecule has 0 spiro atoms. The van der Waals surface area contributed by atoms with Crippen molar-refractivity contribution in [1.82, 2.24) is 4.98 Å². The van der Waals surface area contributed by atoms with E-state index in [0.29, 0.717) is 5.13 Å². The van der Waals surface area contributed by atoms with Crippen molar-refractivity contribution < 1.29 is 0 Å². The summed E-state index contributed by atoms with van der Waals surface area (Å²) in [7, 11) is 0. The molecule has 4 rings (SSSR count). The molecule has 0 fully saturated rings. The van der Waals surface area contributed by atoms with Crippen molar-refractivity contribution in [1.29, 1.82) is 0 Å². The molecule has 6 nitrogen and oxygen atoms in total. The minimum Gasteiger partial charge on any atom is -0.372 e. The van der Waals surface area contributed by atoms with Crippen LogP contribution in [0.3, 0.4) is 0 Å². The molecule has 4 aromatic rings. The fourth-order valence-corrected chi connectivity index (χ4v) is 4.20. The smallest absolute Gasteiger partial charge is 0.231 e. The van der Waals surface area contributed by atoms with Gasteiger partial charge < -0.3 is 4.90 Å². The summed E-state index contributed by atoms with van der Waals surface area (Å²) >= 11 is 1.55. The Bertz CT molecular complexity index is 1210. The van der Waals surface area contributed by atoms with Gasteiger partial charge in [-0.25, -0.2) is 4.98 Å². The van der Waals surface area contributed by atoms with E-state index in [1.807, 2.05) is 36.4 Å². The summed E-state index contributed by atoms with van der Waals surface area (Å²) in [6.07, 6.45) is 0. The number of rotatable bonds is 7. The van der Waals surface area contributed by atoms with E-state index in [1.54, 1.807) is 11.3 Å². The molecule has 0 saturated heterocycles. The normalized spacial score (nSPS) is 11.8. The first-order valence-corrected chi connectivity index (χ1v) is 11.5. The molecule has 3 aromatic carbocycles. The topological polar surface area (TPSA) is 65.6 Å². The van der Waals surface area contributed by atoms with Crippen LogP contribution in [-0.4, -0.2) is 18.1 Å². The molecule has 0 radical (unpaired) electrons. The molecule has 0 aliphatic carbocycles. The first-order valence-electron chi connectivity index (χ1n) is 10.7. The first-order chi connectivity index (χ1) is 15.6. The Kier molecular flexibility index (Phi) is 6.66. The number of nitrogens with zero attached hydrogens (tertiary/aromatic N) is 6. The van der Waals surface area contributed by atoms with Gasteiger partial charge in [0.2, 0.25) is 5.13 Å². The molecule has 1 aromatic heterocycles. The Morgan fingerprint density at radius 1 is 0.719 bits per heavy atom. The molecule has 32 heavy (non-hydrogen) atoms. The summed E-state index contributed by atoms with van der Waals surface area (Å²) in [4.78, 5) is 6.86. The monoisotopic (exact) mass is 442 g/mol. The number of hydrogen-bond acceptors (Lipinski definition) is 7. The van der Waals surface area contributed by atoms with Gasteiger partial charge in [-0.3, -0.25) is 0 Å². The lowest BCUT2D eigenvalue weighted by molar-refractivity contribution is 0.866. The van der Waals surface area contributed by atoms with Crippen LogP contribution in [-0.2, 0) is 0 Å². The maximum atomic E-state index is 4.56. The minimum atomic E-state index is 0.655. The van der Waals surface area contributed by atoms with Gasteiger partial charge in [0.05, 0.1) is 27.3 Å². The molecular weight excluding hydrogens is 416 g/mol. The highest BCUT2D eigenvalue weighted by atomic mass is 32.1. The average molecular weight is 443 g/mol. The standard InChI is InChI=1S/C25H26N6S/c1-5-31(6-2)22-13-11-21(12-14-22)28-27-19-7-9-20(10-8-19)29-30-25-26-23-15-17(3)18(4)16-24(23)32-25/h7-16H,5-6H2,1-4H3/b28-27+,30-29+. The second-order valence-corrected chi connectivity index (χ2v) is 8.51. The van der Waals surface area contributed by atoms with Crippen LogP contribution in [0.1, 0.15) is 25.0 Å². The van der Waals surface area contributed by atoms with E-state index in [-0.39, 0.29) is 0 Å². The van der Waals surface area contributed by atoms with Gasteiger partial charge in [0.1, 0.15) is 0 Å². The lowest BCUT2D eigenvalue weighted by Crippen LogP contribution is -2.21. The Hall–Kier alpha value is -3.45. The molecular formula is C25H26N6S. The zero-order valence-electron chi connectivity index (χ0n) is 18.8. The van der Waals surface area contributed by atoms with E-state index in [2.05, 4.69) is 82.3 Å². The van der Waals surface area contributed by atoms with E-state index in [0.717, 1.165) is 40.4 Å². The van der Waals surface area contributed by atoms with E-state index in [1.165, 1.54) is 16.8 Å². The molecule has 0 saturated carbocycles. The van der Waals surface area contributed by atoms with Crippen LogP contribution in [0.15, 0.2) is 81.1 Å². The van der Waals surface area contributed by atoms with Gasteiger partial charge in [0.25, 0.3) is 0 Å². The van der Waals surface area contributed by atoms with Crippen LogP contribution >= 0.6 is 11.3 Å². The lowest BCUT2D eigenvalue weighted by Gasteiger charge is -2.20. The third-order valence-electron chi connectivity index (χ3n) is 5.35. The molecule has 7 heteroatoms. The zero-order chi connectivity index (χ0) is 22.5. The highest BCUT2D eigenvalue weighted by Crippen LogP contribution is 2.31. The quantitative estimate of drug-likeness (QED) is 0.269. The summed E-state index contributed by atoms with van der Waals surface area (Å²) in [5.74, 6) is 0. The maximum absolute atomic E-state index is 4.56.